The molecule has 0 fully saturated rings. The van der Waals surface area contributed by atoms with Gasteiger partial charge in [0.15, 0.2) is 0 Å². The smallest absolute Gasteiger partial charge is 0.119 e. The summed E-state index contributed by atoms with van der Waals surface area (Å²) >= 11 is 0. The van der Waals surface area contributed by atoms with Crippen LogP contribution in [0.2, 0.25) is 0 Å². The summed E-state index contributed by atoms with van der Waals surface area (Å²) in [5.74, 6) is 3.13. The summed E-state index contributed by atoms with van der Waals surface area (Å²) in [5.41, 5.74) is 16.7. The molecule has 394 valence electrons. The predicted molar refractivity (Wildman–Crippen MR) is 334 cm³/mol. The lowest BCUT2D eigenvalue weighted by Gasteiger charge is -2.34. The molecule has 80 heavy (non-hydrogen) atoms. The molecular weight excluding hydrogens is 985 g/mol. The highest BCUT2D eigenvalue weighted by Gasteiger charge is 2.29. The van der Waals surface area contributed by atoms with Gasteiger partial charge in [0.1, 0.15) is 23.0 Å². The number of nitrogens with zero attached hydrogens (tertiary/aromatic N) is 4. The van der Waals surface area contributed by atoms with Crippen LogP contribution in [0.25, 0.3) is 32.3 Å². The van der Waals surface area contributed by atoms with Crippen molar-refractivity contribution in [2.45, 2.75) is 27.7 Å². The first kappa shape index (κ1) is 50.9. The molecule has 0 unspecified atom stereocenters. The van der Waals surface area contributed by atoms with Crippen LogP contribution < -0.4 is 38.5 Å². The molecule has 8 nitrogen and oxygen atoms in total. The van der Waals surface area contributed by atoms with Crippen LogP contribution in [-0.2, 0) is 0 Å². The number of hydrogen-bond donors (Lipinski definition) is 0. The summed E-state index contributed by atoms with van der Waals surface area (Å²) in [4.78, 5) is 9.57. The van der Waals surface area contributed by atoms with E-state index in [1.165, 1.54) is 22.3 Å². The van der Waals surface area contributed by atoms with Gasteiger partial charge in [-0.15, -0.1) is 0 Å². The van der Waals surface area contributed by atoms with E-state index in [1.54, 1.807) is 28.4 Å². The van der Waals surface area contributed by atoms with Crippen LogP contribution in [-0.4, -0.2) is 28.4 Å². The Morgan fingerprint density at radius 3 is 0.537 bits per heavy atom. The molecule has 0 aromatic heterocycles. The fourth-order valence-electron chi connectivity index (χ4n) is 11.1. The van der Waals surface area contributed by atoms with Crippen LogP contribution >= 0.6 is 0 Å². The van der Waals surface area contributed by atoms with Crippen molar-refractivity contribution in [3.8, 4) is 23.0 Å². The lowest BCUT2D eigenvalue weighted by atomic mass is 9.89. The molecule has 0 amide bonds. The van der Waals surface area contributed by atoms with Gasteiger partial charge in [-0.25, -0.2) is 0 Å². The Morgan fingerprint density at radius 1 is 0.212 bits per heavy atom. The van der Waals surface area contributed by atoms with Crippen molar-refractivity contribution in [3.63, 3.8) is 0 Å². The molecule has 0 aliphatic carbocycles. The van der Waals surface area contributed by atoms with E-state index in [4.69, 9.17) is 18.9 Å². The van der Waals surface area contributed by atoms with Gasteiger partial charge in [-0.3, -0.25) is 0 Å². The maximum Gasteiger partial charge on any atom is 0.119 e. The summed E-state index contributed by atoms with van der Waals surface area (Å²) < 4.78 is 23.1. The summed E-state index contributed by atoms with van der Waals surface area (Å²) in [6.07, 6.45) is 0. The molecule has 0 atom stereocenters. The molecule has 8 heteroatoms. The second-order valence-corrected chi connectivity index (χ2v) is 20.4. The normalized spacial score (nSPS) is 11.2. The van der Waals surface area contributed by atoms with Gasteiger partial charge in [-0.2, -0.15) is 0 Å². The van der Waals surface area contributed by atoms with E-state index in [-0.39, 0.29) is 0 Å². The van der Waals surface area contributed by atoms with E-state index in [2.05, 4.69) is 229 Å². The summed E-state index contributed by atoms with van der Waals surface area (Å²) in [5, 5.41) is 6.55. The Kier molecular flexibility index (Phi) is 13.7. The monoisotopic (exact) mass is 1050 g/mol. The first-order chi connectivity index (χ1) is 39.1. The fourth-order valence-corrected chi connectivity index (χ4v) is 11.1. The van der Waals surface area contributed by atoms with Crippen LogP contribution in [0.5, 0.6) is 23.0 Å². The molecule has 0 heterocycles. The van der Waals surface area contributed by atoms with Crippen LogP contribution in [0.4, 0.5) is 68.2 Å². The number of rotatable bonds is 16. The first-order valence-electron chi connectivity index (χ1n) is 26.9. The standard InChI is InChI=1S/C72H62N4O4/c1-47-9-17-51(18-10-47)73(55-25-33-59(77-5)34-26-55)67-45-68(74(52-19-11-48(2)12-20-52)56-27-35-60(78-6)36-28-56)64-43-44-66-70(76(54-23-15-50(4)16-24-54)58-31-39-62(80-8)40-32-58)46-69(65-42-41-63(67)71(64)72(65)66)75(53-21-13-49(3)14-22-53)57-29-37-61(79-7)38-30-57/h9-46H,1-8H3. The minimum absolute atomic E-state index is 0.781. The maximum absolute atomic E-state index is 5.77. The number of ether oxygens (including phenoxy) is 4. The van der Waals surface area contributed by atoms with Crippen LogP contribution in [0.15, 0.2) is 231 Å². The average Bonchev–Trinajstić information content (AvgIpc) is 3.63. The number of benzene rings is 12. The van der Waals surface area contributed by atoms with E-state index in [9.17, 15) is 0 Å². The molecule has 0 bridgehead atoms. The molecular formula is C72H62N4O4. The van der Waals surface area contributed by atoms with Crippen molar-refractivity contribution in [1.82, 2.24) is 0 Å². The minimum Gasteiger partial charge on any atom is -0.497 e. The lowest BCUT2D eigenvalue weighted by molar-refractivity contribution is 0.414. The molecule has 12 aromatic rings. The SMILES string of the molecule is COc1ccc(N(c2ccc(C)cc2)c2cc(N(c3ccc(C)cc3)c3ccc(OC)cc3)c3ccc4c(N(c5ccc(C)cc5)c5ccc(OC)cc5)cc(N(c5ccc(C)cc5)c5ccc(OC)cc5)c5ccc2c3c54)cc1. The van der Waals surface area contributed by atoms with Crippen LogP contribution in [0, 0.1) is 27.7 Å². The highest BCUT2D eigenvalue weighted by atomic mass is 16.5. The van der Waals surface area contributed by atoms with E-state index >= 15 is 0 Å². The van der Waals surface area contributed by atoms with Gasteiger partial charge in [0.25, 0.3) is 0 Å². The molecule has 0 spiro atoms. The summed E-state index contributed by atoms with van der Waals surface area (Å²) in [7, 11) is 6.85. The zero-order valence-corrected chi connectivity index (χ0v) is 46.4. The fraction of sp³-hybridized carbons (Fsp3) is 0.111. The molecule has 0 saturated carbocycles. The van der Waals surface area contributed by atoms with E-state index < -0.39 is 0 Å². The van der Waals surface area contributed by atoms with Gasteiger partial charge in [0.05, 0.1) is 51.2 Å². The first-order valence-corrected chi connectivity index (χ1v) is 26.9. The summed E-state index contributed by atoms with van der Waals surface area (Å²) in [6, 6.07) is 82.9. The molecule has 0 radical (unpaired) electrons. The van der Waals surface area contributed by atoms with Crippen molar-refractivity contribution in [2.75, 3.05) is 48.0 Å². The number of anilines is 12. The lowest BCUT2D eigenvalue weighted by Crippen LogP contribution is -2.16. The largest absolute Gasteiger partial charge is 0.497 e. The number of methoxy groups -OCH3 is 4. The Morgan fingerprint density at radius 2 is 0.375 bits per heavy atom. The van der Waals surface area contributed by atoms with E-state index in [0.29, 0.717) is 0 Å². The summed E-state index contributed by atoms with van der Waals surface area (Å²) in [6.45, 7) is 8.54. The van der Waals surface area contributed by atoms with Crippen LogP contribution in [0.3, 0.4) is 0 Å². The third-order valence-corrected chi connectivity index (χ3v) is 15.3. The van der Waals surface area contributed by atoms with Gasteiger partial charge < -0.3 is 38.5 Å². The quantitative estimate of drug-likeness (QED) is 0.0888. The Hall–Kier alpha value is -9.92. The van der Waals surface area contributed by atoms with Gasteiger partial charge in [0.2, 0.25) is 0 Å². The second-order valence-electron chi connectivity index (χ2n) is 20.4. The Labute approximate surface area is 468 Å². The van der Waals surface area contributed by atoms with E-state index in [1.807, 2.05) is 48.5 Å². The van der Waals surface area contributed by atoms with Crippen molar-refractivity contribution in [3.05, 3.63) is 253 Å². The molecule has 12 aromatic carbocycles. The molecule has 12 rings (SSSR count). The number of hydrogen-bond acceptors (Lipinski definition) is 8. The average molecular weight is 1050 g/mol. The second kappa shape index (κ2) is 21.5. The van der Waals surface area contributed by atoms with Crippen molar-refractivity contribution in [2.24, 2.45) is 0 Å². The predicted octanol–water partition coefficient (Wildman–Crippen LogP) is 19.7. The Balaban J connectivity index is 1.28. The van der Waals surface area contributed by atoms with Crippen molar-refractivity contribution >= 4 is 101 Å². The van der Waals surface area contributed by atoms with Crippen molar-refractivity contribution < 1.29 is 18.9 Å². The highest BCUT2D eigenvalue weighted by molar-refractivity contribution is 6.33. The van der Waals surface area contributed by atoms with Gasteiger partial charge in [-0.05, 0) is 185 Å². The maximum atomic E-state index is 5.77. The number of aryl methyl sites for hydroxylation is 4. The third kappa shape index (κ3) is 9.45. The molecule has 0 saturated heterocycles. The van der Waals surface area contributed by atoms with Gasteiger partial charge in [0, 0.05) is 77.8 Å². The topological polar surface area (TPSA) is 49.9 Å². The molecule has 0 aliphatic rings. The van der Waals surface area contributed by atoms with Gasteiger partial charge >= 0.3 is 0 Å². The van der Waals surface area contributed by atoms with Gasteiger partial charge in [-0.1, -0.05) is 95.1 Å². The molecule has 0 aliphatic heterocycles. The molecule has 0 N–H and O–H groups in total. The van der Waals surface area contributed by atoms with Crippen molar-refractivity contribution in [1.29, 1.82) is 0 Å². The third-order valence-electron chi connectivity index (χ3n) is 15.3. The highest BCUT2D eigenvalue weighted by Crippen LogP contribution is 2.55. The zero-order chi connectivity index (χ0) is 55.0. The Bertz CT molecular complexity index is 3580. The minimum atomic E-state index is 0.781. The van der Waals surface area contributed by atoms with E-state index in [0.717, 1.165) is 124 Å². The van der Waals surface area contributed by atoms with Crippen LogP contribution in [0.1, 0.15) is 22.3 Å². The zero-order valence-electron chi connectivity index (χ0n) is 46.4.